The van der Waals surface area contributed by atoms with Crippen LogP contribution in [0.2, 0.25) is 0 Å². The van der Waals surface area contributed by atoms with Crippen LogP contribution in [0.15, 0.2) is 78.4 Å². The SMILES string of the molecule is CCOc1cc(C2C(=C(O)c3ccc(OC)cc3)C(=O)C(=O)N2CCc2ccccc2)ccc1O. The summed E-state index contributed by atoms with van der Waals surface area (Å²) in [7, 11) is 1.54. The molecule has 0 spiro atoms. The second kappa shape index (κ2) is 10.3. The van der Waals surface area contributed by atoms with Gasteiger partial charge in [0.15, 0.2) is 11.5 Å². The first-order valence-electron chi connectivity index (χ1n) is 11.4. The molecule has 7 nitrogen and oxygen atoms in total. The summed E-state index contributed by atoms with van der Waals surface area (Å²) in [6, 6.07) is 20.1. The smallest absolute Gasteiger partial charge is 0.295 e. The number of ether oxygens (including phenoxy) is 2. The van der Waals surface area contributed by atoms with E-state index in [1.54, 1.807) is 43.3 Å². The lowest BCUT2D eigenvalue weighted by molar-refractivity contribution is -0.139. The van der Waals surface area contributed by atoms with Gasteiger partial charge in [-0.3, -0.25) is 9.59 Å². The molecule has 0 saturated carbocycles. The van der Waals surface area contributed by atoms with Gasteiger partial charge in [-0.15, -0.1) is 0 Å². The highest BCUT2D eigenvalue weighted by Gasteiger charge is 2.46. The summed E-state index contributed by atoms with van der Waals surface area (Å²) < 4.78 is 10.7. The van der Waals surface area contributed by atoms with Crippen LogP contribution in [-0.2, 0) is 16.0 Å². The van der Waals surface area contributed by atoms with Gasteiger partial charge >= 0.3 is 0 Å². The van der Waals surface area contributed by atoms with Gasteiger partial charge in [-0.1, -0.05) is 36.4 Å². The number of aliphatic hydroxyl groups excluding tert-OH is 1. The van der Waals surface area contributed by atoms with Gasteiger partial charge in [0.05, 0.1) is 25.3 Å². The van der Waals surface area contributed by atoms with E-state index >= 15 is 0 Å². The lowest BCUT2D eigenvalue weighted by Gasteiger charge is -2.26. The number of carbonyl (C=O) groups excluding carboxylic acids is 2. The maximum atomic E-state index is 13.2. The fraction of sp³-hybridized carbons (Fsp3) is 0.214. The Hall–Kier alpha value is -4.26. The number of rotatable bonds is 8. The van der Waals surface area contributed by atoms with Crippen molar-refractivity contribution in [2.24, 2.45) is 0 Å². The number of carbonyl (C=O) groups is 2. The number of nitrogens with zero attached hydrogens (tertiary/aromatic N) is 1. The third kappa shape index (κ3) is 4.84. The summed E-state index contributed by atoms with van der Waals surface area (Å²) in [5, 5.41) is 21.4. The molecule has 1 aliphatic heterocycles. The summed E-state index contributed by atoms with van der Waals surface area (Å²) >= 11 is 0. The number of phenolic OH excluding ortho intramolecular Hbond substituents is 1. The molecule has 0 aromatic heterocycles. The van der Waals surface area contributed by atoms with Crippen molar-refractivity contribution in [1.82, 2.24) is 4.90 Å². The molecular weight excluding hydrogens is 446 g/mol. The van der Waals surface area contributed by atoms with Crippen molar-refractivity contribution in [1.29, 1.82) is 0 Å². The van der Waals surface area contributed by atoms with E-state index in [2.05, 4.69) is 0 Å². The highest BCUT2D eigenvalue weighted by Crippen LogP contribution is 2.42. The molecule has 1 heterocycles. The summed E-state index contributed by atoms with van der Waals surface area (Å²) in [5.74, 6) is -0.935. The van der Waals surface area contributed by atoms with E-state index in [-0.39, 0.29) is 29.4 Å². The Morgan fingerprint density at radius 2 is 1.71 bits per heavy atom. The highest BCUT2D eigenvalue weighted by molar-refractivity contribution is 6.46. The molecular formula is C28H27NO6. The molecule has 0 bridgehead atoms. The second-order valence-corrected chi connectivity index (χ2v) is 8.12. The van der Waals surface area contributed by atoms with Crippen LogP contribution in [0, 0.1) is 0 Å². The molecule has 1 fully saturated rings. The molecule has 7 heteroatoms. The molecule has 3 aromatic carbocycles. The van der Waals surface area contributed by atoms with E-state index in [1.165, 1.54) is 18.1 Å². The van der Waals surface area contributed by atoms with Crippen LogP contribution in [0.1, 0.15) is 29.7 Å². The Balaban J connectivity index is 1.81. The van der Waals surface area contributed by atoms with Gasteiger partial charge in [0.1, 0.15) is 11.5 Å². The fourth-order valence-corrected chi connectivity index (χ4v) is 4.23. The lowest BCUT2D eigenvalue weighted by atomic mass is 9.94. The van der Waals surface area contributed by atoms with Crippen molar-refractivity contribution in [2.45, 2.75) is 19.4 Å². The number of amides is 1. The van der Waals surface area contributed by atoms with Crippen molar-refractivity contribution < 1.29 is 29.3 Å². The van der Waals surface area contributed by atoms with Crippen LogP contribution in [0.5, 0.6) is 17.2 Å². The molecule has 0 aliphatic carbocycles. The number of aliphatic hydroxyl groups is 1. The topological polar surface area (TPSA) is 96.3 Å². The highest BCUT2D eigenvalue weighted by atomic mass is 16.5. The number of methoxy groups -OCH3 is 1. The molecule has 1 atom stereocenters. The van der Waals surface area contributed by atoms with E-state index in [9.17, 15) is 19.8 Å². The van der Waals surface area contributed by atoms with Gasteiger partial charge in [-0.25, -0.2) is 0 Å². The minimum Gasteiger partial charge on any atom is -0.507 e. The average molecular weight is 474 g/mol. The molecule has 35 heavy (non-hydrogen) atoms. The third-order valence-electron chi connectivity index (χ3n) is 5.99. The van der Waals surface area contributed by atoms with Crippen molar-refractivity contribution in [3.05, 3.63) is 95.1 Å². The summed E-state index contributed by atoms with van der Waals surface area (Å²) in [5.41, 5.74) is 1.94. The Bertz CT molecular complexity index is 1250. The number of aromatic hydroxyl groups is 1. The summed E-state index contributed by atoms with van der Waals surface area (Å²) in [6.45, 7) is 2.39. The normalized spacial score (nSPS) is 17.0. The minimum absolute atomic E-state index is 0.0126. The molecule has 1 amide bonds. The quantitative estimate of drug-likeness (QED) is 0.285. The zero-order valence-electron chi connectivity index (χ0n) is 19.6. The lowest BCUT2D eigenvalue weighted by Crippen LogP contribution is -2.31. The maximum Gasteiger partial charge on any atom is 0.295 e. The number of phenols is 1. The van der Waals surface area contributed by atoms with Gasteiger partial charge in [-0.05, 0) is 60.9 Å². The van der Waals surface area contributed by atoms with Crippen LogP contribution in [-0.4, -0.2) is 47.1 Å². The number of hydrogen-bond donors (Lipinski definition) is 2. The van der Waals surface area contributed by atoms with Crippen LogP contribution >= 0.6 is 0 Å². The Morgan fingerprint density at radius 1 is 1.00 bits per heavy atom. The summed E-state index contributed by atoms with van der Waals surface area (Å²) in [6.07, 6.45) is 0.531. The number of Topliss-reactive ketones (excluding diaryl/α,β-unsaturated/α-hetero) is 1. The van der Waals surface area contributed by atoms with Crippen LogP contribution in [0.4, 0.5) is 0 Å². The van der Waals surface area contributed by atoms with Gasteiger partial charge in [-0.2, -0.15) is 0 Å². The standard InChI is InChI=1S/C28H27NO6/c1-3-35-23-17-20(11-14-22(23)30)25-24(26(31)19-9-12-21(34-2)13-10-19)27(32)28(33)29(25)16-15-18-7-5-4-6-8-18/h4-14,17,25,30-31H,3,15-16H2,1-2H3. The summed E-state index contributed by atoms with van der Waals surface area (Å²) in [4.78, 5) is 27.8. The van der Waals surface area contributed by atoms with Gasteiger partial charge < -0.3 is 24.6 Å². The van der Waals surface area contributed by atoms with Crippen LogP contribution in [0.25, 0.3) is 5.76 Å². The van der Waals surface area contributed by atoms with E-state index in [0.717, 1.165) is 5.56 Å². The van der Waals surface area contributed by atoms with Gasteiger partial charge in [0.25, 0.3) is 11.7 Å². The Labute approximate surface area is 203 Å². The molecule has 3 aromatic rings. The van der Waals surface area contributed by atoms with Crippen molar-refractivity contribution >= 4 is 17.4 Å². The van der Waals surface area contributed by atoms with Crippen molar-refractivity contribution in [3.8, 4) is 17.2 Å². The molecule has 1 unspecified atom stereocenters. The van der Waals surface area contributed by atoms with Crippen LogP contribution < -0.4 is 9.47 Å². The predicted molar refractivity (Wildman–Crippen MR) is 131 cm³/mol. The minimum atomic E-state index is -0.847. The average Bonchev–Trinajstić information content (AvgIpc) is 3.14. The number of benzene rings is 3. The molecule has 4 rings (SSSR count). The molecule has 1 aliphatic rings. The molecule has 2 N–H and O–H groups in total. The van der Waals surface area contributed by atoms with E-state index < -0.39 is 17.7 Å². The monoisotopic (exact) mass is 473 g/mol. The largest absolute Gasteiger partial charge is 0.507 e. The molecule has 0 radical (unpaired) electrons. The second-order valence-electron chi connectivity index (χ2n) is 8.12. The maximum absolute atomic E-state index is 13.2. The zero-order valence-corrected chi connectivity index (χ0v) is 19.6. The number of likely N-dealkylation sites (tertiary alicyclic amines) is 1. The third-order valence-corrected chi connectivity index (χ3v) is 5.99. The first-order chi connectivity index (χ1) is 16.9. The Morgan fingerprint density at radius 3 is 2.37 bits per heavy atom. The van der Waals surface area contributed by atoms with Gasteiger partial charge in [0, 0.05) is 12.1 Å². The zero-order chi connectivity index (χ0) is 24.9. The number of ketones is 1. The molecule has 180 valence electrons. The van der Waals surface area contributed by atoms with Crippen molar-refractivity contribution in [3.63, 3.8) is 0 Å². The van der Waals surface area contributed by atoms with E-state index in [0.29, 0.717) is 29.9 Å². The fourth-order valence-electron chi connectivity index (χ4n) is 4.23. The first-order valence-corrected chi connectivity index (χ1v) is 11.4. The van der Waals surface area contributed by atoms with Crippen LogP contribution in [0.3, 0.4) is 0 Å². The number of hydrogen-bond acceptors (Lipinski definition) is 6. The van der Waals surface area contributed by atoms with Gasteiger partial charge in [0.2, 0.25) is 0 Å². The first kappa shape index (κ1) is 23.9. The predicted octanol–water partition coefficient (Wildman–Crippen LogP) is 4.46. The van der Waals surface area contributed by atoms with E-state index in [1.807, 2.05) is 30.3 Å². The van der Waals surface area contributed by atoms with Crippen molar-refractivity contribution in [2.75, 3.05) is 20.3 Å². The molecule has 1 saturated heterocycles. The Kier molecular flexibility index (Phi) is 7.06. The van der Waals surface area contributed by atoms with E-state index in [4.69, 9.17) is 9.47 Å².